The fourth-order valence-corrected chi connectivity index (χ4v) is 2.60. The van der Waals surface area contributed by atoms with E-state index in [0.29, 0.717) is 0 Å². The molecule has 0 saturated carbocycles. The van der Waals surface area contributed by atoms with Crippen molar-refractivity contribution in [1.29, 1.82) is 0 Å². The van der Waals surface area contributed by atoms with Crippen LogP contribution in [0.4, 0.5) is 0 Å². The maximum Gasteiger partial charge on any atom is 0.260 e. The van der Waals surface area contributed by atoms with Crippen LogP contribution in [0, 0.1) is 0 Å². The maximum atomic E-state index is 11.3. The van der Waals surface area contributed by atoms with E-state index in [9.17, 15) is 22.6 Å². The summed E-state index contributed by atoms with van der Waals surface area (Å²) in [6, 6.07) is -0.960. The van der Waals surface area contributed by atoms with Gasteiger partial charge in [-0.25, -0.2) is 12.7 Å². The molecule has 1 N–H and O–H groups in total. The van der Waals surface area contributed by atoms with Crippen molar-refractivity contribution in [3.63, 3.8) is 0 Å². The Hall–Kier alpha value is -0.800. The lowest BCUT2D eigenvalue weighted by atomic mass is 9.85. The highest BCUT2D eigenvalue weighted by Gasteiger charge is 2.57. The molecule has 7 nitrogen and oxygen atoms in total. The molecule has 1 aliphatic rings. The van der Waals surface area contributed by atoms with Crippen LogP contribution in [-0.4, -0.2) is 40.7 Å². The number of hydrogen-bond acceptors (Lipinski definition) is 5. The Balaban J connectivity index is 0.00000225. The number of carbonyl (C=O) groups excluding carboxylic acids is 2. The molecular formula is C7H13N2O5S2-. The van der Waals surface area contributed by atoms with Crippen LogP contribution in [0.25, 0.3) is 0 Å². The minimum absolute atomic E-state index is 0. The highest BCUT2D eigenvalue weighted by molar-refractivity contribution is 7.84. The van der Waals surface area contributed by atoms with E-state index in [1.807, 2.05) is 0 Å². The van der Waals surface area contributed by atoms with Gasteiger partial charge in [-0.1, -0.05) is 0 Å². The van der Waals surface area contributed by atoms with E-state index in [2.05, 4.69) is 5.32 Å². The second-order valence-electron chi connectivity index (χ2n) is 3.85. The third-order valence-electron chi connectivity index (χ3n) is 2.25. The van der Waals surface area contributed by atoms with Crippen molar-refractivity contribution in [2.75, 3.05) is 0 Å². The van der Waals surface area contributed by atoms with E-state index in [4.69, 9.17) is 0 Å². The number of amides is 2. The molecule has 1 heterocycles. The molecule has 1 atom stereocenters. The molecule has 0 aliphatic carbocycles. The van der Waals surface area contributed by atoms with Gasteiger partial charge in [0.05, 0.1) is 5.54 Å². The van der Waals surface area contributed by atoms with Crippen molar-refractivity contribution in [3.8, 4) is 0 Å². The Morgan fingerprint density at radius 1 is 1.50 bits per heavy atom. The highest BCUT2D eigenvalue weighted by atomic mass is 32.2. The normalized spacial score (nSPS) is 23.1. The van der Waals surface area contributed by atoms with Gasteiger partial charge in [0.25, 0.3) is 5.91 Å². The first-order valence-electron chi connectivity index (χ1n) is 4.15. The smallest absolute Gasteiger partial charge is 0.260 e. The number of hydrogen-bond donors (Lipinski definition) is 1. The topological polar surface area (TPSA) is 107 Å². The van der Waals surface area contributed by atoms with Crippen molar-refractivity contribution >= 4 is 35.6 Å². The second kappa shape index (κ2) is 4.22. The van der Waals surface area contributed by atoms with Crippen LogP contribution in [-0.2, 0) is 19.9 Å². The summed E-state index contributed by atoms with van der Waals surface area (Å²) in [7, 11) is -4.81. The zero-order valence-electron chi connectivity index (χ0n) is 8.97. The number of β-lactam (4-membered cyclic amide) rings is 1. The standard InChI is InChI=1S/C7H12N2O5S.H2S/c1-4(10)8-5-6(11)9(7(5,2)3)15(12,13)14;/h5H,1-3H3,(H,8,10)(H,12,13,14);1H2/p-1/t5-;/m1./s1. The van der Waals surface area contributed by atoms with Gasteiger partial charge in [-0.15, -0.1) is 0 Å². The van der Waals surface area contributed by atoms with Crippen LogP contribution in [0.15, 0.2) is 0 Å². The fraction of sp³-hybridized carbons (Fsp3) is 0.714. The summed E-state index contributed by atoms with van der Waals surface area (Å²) in [5, 5.41) is 2.29. The molecule has 0 aromatic heterocycles. The minimum Gasteiger partial charge on any atom is -0.731 e. The van der Waals surface area contributed by atoms with Gasteiger partial charge in [0.1, 0.15) is 6.04 Å². The van der Waals surface area contributed by atoms with Gasteiger partial charge in [-0.2, -0.15) is 13.5 Å². The molecule has 94 valence electrons. The summed E-state index contributed by atoms with van der Waals surface area (Å²) < 4.78 is 32.4. The summed E-state index contributed by atoms with van der Waals surface area (Å²) in [5.41, 5.74) is -1.21. The molecular weight excluding hydrogens is 256 g/mol. The number of nitrogens with one attached hydrogen (secondary N) is 1. The average Bonchev–Trinajstić information content (AvgIpc) is 1.96. The lowest BCUT2D eigenvalue weighted by Gasteiger charge is -2.53. The van der Waals surface area contributed by atoms with Crippen molar-refractivity contribution in [2.24, 2.45) is 0 Å². The molecule has 1 saturated heterocycles. The molecule has 16 heavy (non-hydrogen) atoms. The Morgan fingerprint density at radius 2 is 1.94 bits per heavy atom. The molecule has 0 aromatic carbocycles. The monoisotopic (exact) mass is 269 g/mol. The molecule has 1 rings (SSSR count). The summed E-state index contributed by atoms with van der Waals surface area (Å²) in [6.07, 6.45) is 0. The summed E-state index contributed by atoms with van der Waals surface area (Å²) >= 11 is 0. The average molecular weight is 269 g/mol. The Morgan fingerprint density at radius 3 is 2.19 bits per heavy atom. The number of nitrogens with zero attached hydrogens (tertiary/aromatic N) is 1. The van der Waals surface area contributed by atoms with Gasteiger partial charge in [0.15, 0.2) is 10.3 Å². The predicted molar refractivity (Wildman–Crippen MR) is 58.6 cm³/mol. The fourth-order valence-electron chi connectivity index (χ4n) is 1.59. The summed E-state index contributed by atoms with van der Waals surface area (Å²) in [5.74, 6) is -1.35. The molecule has 1 aliphatic heterocycles. The number of carbonyl (C=O) groups is 2. The van der Waals surface area contributed by atoms with Crippen molar-refractivity contribution in [2.45, 2.75) is 32.4 Å². The van der Waals surface area contributed by atoms with E-state index in [0.717, 1.165) is 0 Å². The first kappa shape index (κ1) is 15.2. The first-order valence-corrected chi connectivity index (χ1v) is 5.52. The summed E-state index contributed by atoms with van der Waals surface area (Å²) in [4.78, 5) is 22.0. The molecule has 0 unspecified atom stereocenters. The summed E-state index contributed by atoms with van der Waals surface area (Å²) in [6.45, 7) is 3.99. The van der Waals surface area contributed by atoms with E-state index in [-0.39, 0.29) is 17.8 Å². The van der Waals surface area contributed by atoms with E-state index in [1.54, 1.807) is 0 Å². The number of rotatable bonds is 2. The molecule has 0 bridgehead atoms. The van der Waals surface area contributed by atoms with Crippen molar-refractivity contribution < 1.29 is 22.6 Å². The minimum atomic E-state index is -4.81. The predicted octanol–water partition coefficient (Wildman–Crippen LogP) is -1.32. The zero-order valence-corrected chi connectivity index (χ0v) is 10.8. The highest BCUT2D eigenvalue weighted by Crippen LogP contribution is 2.33. The van der Waals surface area contributed by atoms with Crippen molar-refractivity contribution in [3.05, 3.63) is 0 Å². The SMILES string of the molecule is CC(=O)N[C@@H]1C(=O)N(S(=O)(=O)[O-])C1(C)C.S. The maximum absolute atomic E-state index is 11.3. The van der Waals surface area contributed by atoms with Crippen LogP contribution < -0.4 is 5.32 Å². The lowest BCUT2D eigenvalue weighted by Crippen LogP contribution is -2.77. The Bertz CT molecular complexity index is 416. The van der Waals surface area contributed by atoms with E-state index in [1.165, 1.54) is 20.8 Å². The van der Waals surface area contributed by atoms with Crippen LogP contribution >= 0.6 is 13.5 Å². The Labute approximate surface area is 101 Å². The van der Waals surface area contributed by atoms with E-state index < -0.39 is 33.7 Å². The van der Waals surface area contributed by atoms with Crippen LogP contribution in [0.2, 0.25) is 0 Å². The Kier molecular flexibility index (Phi) is 4.01. The molecule has 2 amide bonds. The van der Waals surface area contributed by atoms with Gasteiger partial charge in [0, 0.05) is 6.92 Å². The molecule has 9 heteroatoms. The van der Waals surface area contributed by atoms with Crippen LogP contribution in [0.1, 0.15) is 20.8 Å². The quantitative estimate of drug-likeness (QED) is 0.494. The molecule has 0 aromatic rings. The second-order valence-corrected chi connectivity index (χ2v) is 5.07. The van der Waals surface area contributed by atoms with Gasteiger partial charge in [0.2, 0.25) is 5.91 Å². The molecule has 0 spiro atoms. The third-order valence-corrected chi connectivity index (χ3v) is 3.35. The van der Waals surface area contributed by atoms with Gasteiger partial charge >= 0.3 is 0 Å². The molecule has 0 radical (unpaired) electrons. The molecule has 1 fully saturated rings. The third kappa shape index (κ3) is 2.30. The van der Waals surface area contributed by atoms with Gasteiger partial charge in [-0.3, -0.25) is 9.59 Å². The van der Waals surface area contributed by atoms with Gasteiger partial charge < -0.3 is 9.87 Å². The van der Waals surface area contributed by atoms with Crippen LogP contribution in [0.3, 0.4) is 0 Å². The van der Waals surface area contributed by atoms with Gasteiger partial charge in [-0.05, 0) is 13.8 Å². The first-order chi connectivity index (χ1) is 6.58. The zero-order chi connectivity index (χ0) is 12.0. The van der Waals surface area contributed by atoms with E-state index >= 15 is 0 Å². The lowest BCUT2D eigenvalue weighted by molar-refractivity contribution is -0.151. The van der Waals surface area contributed by atoms with Crippen LogP contribution in [0.5, 0.6) is 0 Å². The van der Waals surface area contributed by atoms with Crippen molar-refractivity contribution in [1.82, 2.24) is 9.62 Å². The largest absolute Gasteiger partial charge is 0.731 e.